The first-order valence-corrected chi connectivity index (χ1v) is 7.27. The molecule has 104 valence electrons. The van der Waals surface area contributed by atoms with Gasteiger partial charge in [-0.3, -0.25) is 9.59 Å². The molecule has 19 heavy (non-hydrogen) atoms. The summed E-state index contributed by atoms with van der Waals surface area (Å²) < 4.78 is 0. The van der Waals surface area contributed by atoms with Gasteiger partial charge in [0.1, 0.15) is 0 Å². The Balaban J connectivity index is 2.12. The fourth-order valence-corrected chi connectivity index (χ4v) is 2.93. The largest absolute Gasteiger partial charge is 0.359 e. The van der Waals surface area contributed by atoms with Crippen molar-refractivity contribution in [2.24, 2.45) is 5.92 Å². The molecule has 1 saturated heterocycles. The number of nitrogens with zero attached hydrogens (tertiary/aromatic N) is 2. The maximum Gasteiger partial charge on any atom is 0.254 e. The van der Waals surface area contributed by atoms with Crippen molar-refractivity contribution in [3.8, 4) is 0 Å². The summed E-state index contributed by atoms with van der Waals surface area (Å²) >= 11 is 1.51. The van der Waals surface area contributed by atoms with E-state index < -0.39 is 0 Å². The summed E-state index contributed by atoms with van der Waals surface area (Å²) in [6, 6.07) is 1.83. The van der Waals surface area contributed by atoms with E-state index in [0.717, 1.165) is 6.54 Å². The minimum Gasteiger partial charge on any atom is -0.359 e. The molecule has 1 N–H and O–H groups in total. The Kier molecular flexibility index (Phi) is 4.55. The number of nitrogens with one attached hydrogen (secondary N) is 1. The summed E-state index contributed by atoms with van der Waals surface area (Å²) in [7, 11) is 3.62. The lowest BCUT2D eigenvalue weighted by atomic mass is 10.1. The van der Waals surface area contributed by atoms with Crippen molar-refractivity contribution in [1.82, 2.24) is 15.1 Å². The fourth-order valence-electron chi connectivity index (χ4n) is 2.30. The normalized spacial score (nSPS) is 20.9. The highest BCUT2D eigenvalue weighted by molar-refractivity contribution is 7.08. The number of carbonyl (C=O) groups excluding carboxylic acids is 2. The maximum atomic E-state index is 12.4. The van der Waals surface area contributed by atoms with Crippen LogP contribution in [0.3, 0.4) is 0 Å². The van der Waals surface area contributed by atoms with E-state index in [1.807, 2.05) is 23.9 Å². The van der Waals surface area contributed by atoms with Crippen LogP contribution in [0.4, 0.5) is 0 Å². The van der Waals surface area contributed by atoms with E-state index in [-0.39, 0.29) is 17.7 Å². The highest BCUT2D eigenvalue weighted by atomic mass is 32.1. The van der Waals surface area contributed by atoms with Crippen molar-refractivity contribution in [2.75, 3.05) is 40.3 Å². The van der Waals surface area contributed by atoms with Gasteiger partial charge in [0, 0.05) is 38.6 Å². The fraction of sp³-hybridized carbons (Fsp3) is 0.538. The highest BCUT2D eigenvalue weighted by Gasteiger charge is 2.28. The molecule has 1 aromatic rings. The molecular formula is C13H19N3O2S. The molecule has 0 spiro atoms. The smallest absolute Gasteiger partial charge is 0.254 e. The average Bonchev–Trinajstić information content (AvgIpc) is 2.87. The van der Waals surface area contributed by atoms with Crippen molar-refractivity contribution in [2.45, 2.75) is 0 Å². The van der Waals surface area contributed by atoms with Gasteiger partial charge in [-0.2, -0.15) is 11.3 Å². The first-order valence-electron chi connectivity index (χ1n) is 6.33. The first-order chi connectivity index (χ1) is 9.11. The van der Waals surface area contributed by atoms with Gasteiger partial charge in [0.25, 0.3) is 5.91 Å². The predicted molar refractivity (Wildman–Crippen MR) is 75.3 cm³/mol. The van der Waals surface area contributed by atoms with Crippen LogP contribution in [0.5, 0.6) is 0 Å². The van der Waals surface area contributed by atoms with Crippen LogP contribution in [0.1, 0.15) is 10.4 Å². The highest BCUT2D eigenvalue weighted by Crippen LogP contribution is 2.14. The Hall–Kier alpha value is -1.40. The maximum absolute atomic E-state index is 12.4. The molecule has 0 unspecified atom stereocenters. The number of thiophene rings is 1. The second kappa shape index (κ2) is 6.16. The molecule has 1 aliphatic heterocycles. The molecule has 2 amide bonds. The first kappa shape index (κ1) is 14.0. The second-order valence-electron chi connectivity index (χ2n) is 4.84. The van der Waals surface area contributed by atoms with Crippen LogP contribution >= 0.6 is 11.3 Å². The van der Waals surface area contributed by atoms with Gasteiger partial charge < -0.3 is 15.1 Å². The number of likely N-dealkylation sites (N-methyl/N-ethyl adjacent to an activating group) is 1. The molecule has 6 heteroatoms. The average molecular weight is 281 g/mol. The number of hydrogen-bond donors (Lipinski definition) is 1. The van der Waals surface area contributed by atoms with Crippen molar-refractivity contribution >= 4 is 23.2 Å². The van der Waals surface area contributed by atoms with E-state index in [1.165, 1.54) is 11.3 Å². The zero-order chi connectivity index (χ0) is 13.8. The molecule has 2 rings (SSSR count). The molecule has 1 aromatic heterocycles. The minimum absolute atomic E-state index is 0.00290. The Morgan fingerprint density at radius 1 is 1.37 bits per heavy atom. The molecular weight excluding hydrogens is 262 g/mol. The molecule has 1 fully saturated rings. The van der Waals surface area contributed by atoms with Crippen molar-refractivity contribution in [3.63, 3.8) is 0 Å². The molecule has 0 radical (unpaired) electrons. The quantitative estimate of drug-likeness (QED) is 0.859. The summed E-state index contributed by atoms with van der Waals surface area (Å²) in [5.74, 6) is -0.151. The van der Waals surface area contributed by atoms with Crippen molar-refractivity contribution < 1.29 is 9.59 Å². The third kappa shape index (κ3) is 3.33. The van der Waals surface area contributed by atoms with E-state index in [2.05, 4.69) is 10.2 Å². The summed E-state index contributed by atoms with van der Waals surface area (Å²) in [6.07, 6.45) is 0. The van der Waals surface area contributed by atoms with Crippen LogP contribution in [0, 0.1) is 5.92 Å². The molecule has 1 atom stereocenters. The molecule has 0 bridgehead atoms. The van der Waals surface area contributed by atoms with E-state index in [4.69, 9.17) is 0 Å². The lowest BCUT2D eigenvalue weighted by molar-refractivity contribution is -0.125. The molecule has 0 aromatic carbocycles. The van der Waals surface area contributed by atoms with Crippen LogP contribution in [0.15, 0.2) is 16.8 Å². The molecule has 0 saturated carbocycles. The third-order valence-corrected chi connectivity index (χ3v) is 4.08. The minimum atomic E-state index is -0.167. The van der Waals surface area contributed by atoms with E-state index in [1.54, 1.807) is 11.9 Å². The topological polar surface area (TPSA) is 52.7 Å². The van der Waals surface area contributed by atoms with E-state index >= 15 is 0 Å². The second-order valence-corrected chi connectivity index (χ2v) is 5.62. The Morgan fingerprint density at radius 2 is 2.16 bits per heavy atom. The lowest BCUT2D eigenvalue weighted by Crippen LogP contribution is -2.41. The number of amides is 2. The van der Waals surface area contributed by atoms with Gasteiger partial charge in [0.05, 0.1) is 11.5 Å². The van der Waals surface area contributed by atoms with Crippen LogP contribution in [0.25, 0.3) is 0 Å². The Morgan fingerprint density at radius 3 is 2.79 bits per heavy atom. The van der Waals surface area contributed by atoms with Crippen LogP contribution < -0.4 is 5.32 Å². The Labute approximate surface area is 117 Å². The summed E-state index contributed by atoms with van der Waals surface area (Å²) in [6.45, 7) is 2.63. The molecule has 0 aliphatic carbocycles. The van der Waals surface area contributed by atoms with Gasteiger partial charge in [0.15, 0.2) is 0 Å². The summed E-state index contributed by atoms with van der Waals surface area (Å²) in [5.41, 5.74) is 0.713. The molecule has 2 heterocycles. The lowest BCUT2D eigenvalue weighted by Gasteiger charge is -2.22. The van der Waals surface area contributed by atoms with Crippen molar-refractivity contribution in [3.05, 3.63) is 22.4 Å². The van der Waals surface area contributed by atoms with Crippen LogP contribution in [-0.2, 0) is 4.79 Å². The van der Waals surface area contributed by atoms with Gasteiger partial charge in [-0.15, -0.1) is 0 Å². The van der Waals surface area contributed by atoms with Gasteiger partial charge in [0.2, 0.25) is 5.91 Å². The van der Waals surface area contributed by atoms with Crippen LogP contribution in [0.2, 0.25) is 0 Å². The monoisotopic (exact) mass is 281 g/mol. The Bertz CT molecular complexity index is 447. The molecule has 1 aliphatic rings. The van der Waals surface area contributed by atoms with Gasteiger partial charge >= 0.3 is 0 Å². The van der Waals surface area contributed by atoms with E-state index in [0.29, 0.717) is 25.2 Å². The summed E-state index contributed by atoms with van der Waals surface area (Å²) in [4.78, 5) is 28.1. The third-order valence-electron chi connectivity index (χ3n) is 3.40. The van der Waals surface area contributed by atoms with E-state index in [9.17, 15) is 9.59 Å². The number of rotatable bonds is 2. The zero-order valence-corrected chi connectivity index (χ0v) is 12.1. The number of hydrogen-bond acceptors (Lipinski definition) is 4. The predicted octanol–water partition coefficient (Wildman–Crippen LogP) is 0.498. The SMILES string of the molecule is CNC(=O)[C@@H]1CN(C)CCN(C(=O)c2ccsc2)C1. The summed E-state index contributed by atoms with van der Waals surface area (Å²) in [5, 5.41) is 6.43. The van der Waals surface area contributed by atoms with Gasteiger partial charge in [-0.05, 0) is 18.5 Å². The standard InChI is InChI=1S/C13H19N3O2S/c1-14-12(17)11-7-15(2)4-5-16(8-11)13(18)10-3-6-19-9-10/h3,6,9,11H,4-5,7-8H2,1-2H3,(H,14,17)/t11-/m1/s1. The zero-order valence-electron chi connectivity index (χ0n) is 11.3. The molecule has 5 nitrogen and oxygen atoms in total. The van der Waals surface area contributed by atoms with Gasteiger partial charge in [-0.25, -0.2) is 0 Å². The van der Waals surface area contributed by atoms with Gasteiger partial charge in [-0.1, -0.05) is 0 Å². The number of carbonyl (C=O) groups is 2. The van der Waals surface area contributed by atoms with Crippen LogP contribution in [-0.4, -0.2) is 61.9 Å². The van der Waals surface area contributed by atoms with Crippen molar-refractivity contribution in [1.29, 1.82) is 0 Å².